The molecule has 48 valence electrons. The normalized spacial score (nSPS) is 9.67. The summed E-state index contributed by atoms with van der Waals surface area (Å²) >= 11 is 8.47. The van der Waals surface area contributed by atoms with Gasteiger partial charge in [-0.1, -0.05) is 11.6 Å². The lowest BCUT2D eigenvalue weighted by atomic mass is 10.5. The first-order valence-corrected chi connectivity index (χ1v) is 3.34. The molecule has 0 aromatic carbocycles. The van der Waals surface area contributed by atoms with E-state index in [4.69, 9.17) is 11.6 Å². The second-order valence-electron chi connectivity index (χ2n) is 1.43. The van der Waals surface area contributed by atoms with Gasteiger partial charge in [-0.25, -0.2) is 9.37 Å². The topological polar surface area (TPSA) is 12.9 Å². The Morgan fingerprint density at radius 2 is 2.33 bits per heavy atom. The van der Waals surface area contributed by atoms with Gasteiger partial charge in [0.1, 0.15) is 11.0 Å². The highest BCUT2D eigenvalue weighted by Crippen LogP contribution is 2.19. The molecule has 1 heterocycles. The number of nitrogens with zero attached hydrogens (tertiary/aromatic N) is 1. The Hall–Kier alpha value is -0.150. The van der Waals surface area contributed by atoms with Crippen molar-refractivity contribution in [3.63, 3.8) is 0 Å². The number of rotatable bonds is 0. The zero-order valence-electron chi connectivity index (χ0n) is 4.24. The Kier molecular flexibility index (Phi) is 2.03. The maximum Gasteiger partial charge on any atom is 0.143 e. The van der Waals surface area contributed by atoms with Crippen LogP contribution in [0.2, 0.25) is 5.15 Å². The lowest BCUT2D eigenvalue weighted by Gasteiger charge is -1.91. The Morgan fingerprint density at radius 1 is 1.67 bits per heavy atom. The Bertz CT molecular complexity index is 228. The van der Waals surface area contributed by atoms with Crippen LogP contribution in [0.4, 0.5) is 4.39 Å². The van der Waals surface area contributed by atoms with Crippen molar-refractivity contribution < 1.29 is 4.39 Å². The molecule has 0 fully saturated rings. The second kappa shape index (κ2) is 2.62. The van der Waals surface area contributed by atoms with Gasteiger partial charge in [0, 0.05) is 0 Å². The van der Waals surface area contributed by atoms with E-state index in [0.29, 0.717) is 4.47 Å². The van der Waals surface area contributed by atoms with Gasteiger partial charge in [-0.2, -0.15) is 0 Å². The molecule has 1 rings (SSSR count). The van der Waals surface area contributed by atoms with Crippen LogP contribution in [0.5, 0.6) is 0 Å². The summed E-state index contributed by atoms with van der Waals surface area (Å²) in [5.74, 6) is -0.397. The first kappa shape index (κ1) is 6.96. The first-order valence-electron chi connectivity index (χ1n) is 2.16. The van der Waals surface area contributed by atoms with E-state index in [0.717, 1.165) is 6.20 Å². The molecule has 9 heavy (non-hydrogen) atoms. The van der Waals surface area contributed by atoms with Gasteiger partial charge in [0.05, 0.1) is 10.7 Å². The summed E-state index contributed by atoms with van der Waals surface area (Å²) in [5, 5.41) is 0.274. The molecule has 0 aliphatic heterocycles. The van der Waals surface area contributed by atoms with Crippen molar-refractivity contribution in [2.75, 3.05) is 0 Å². The molecular weight excluding hydrogens is 208 g/mol. The van der Waals surface area contributed by atoms with Crippen LogP contribution in [0.3, 0.4) is 0 Å². The highest BCUT2D eigenvalue weighted by atomic mass is 79.9. The van der Waals surface area contributed by atoms with Crippen LogP contribution in [0.25, 0.3) is 0 Å². The summed E-state index contributed by atoms with van der Waals surface area (Å²) in [5.41, 5.74) is 0. The molecule has 0 bridgehead atoms. The van der Waals surface area contributed by atoms with E-state index in [2.05, 4.69) is 20.9 Å². The number of hydrogen-bond acceptors (Lipinski definition) is 1. The highest BCUT2D eigenvalue weighted by Gasteiger charge is 1.97. The smallest absolute Gasteiger partial charge is 0.143 e. The molecule has 0 saturated heterocycles. The molecule has 0 saturated carbocycles. The van der Waals surface area contributed by atoms with E-state index in [1.165, 1.54) is 6.07 Å². The summed E-state index contributed by atoms with van der Waals surface area (Å²) < 4.78 is 12.7. The lowest BCUT2D eigenvalue weighted by molar-refractivity contribution is 0.620. The standard InChI is InChI=1S/C5H2BrClFN/c6-4-1-3(8)2-9-5(4)7/h1-2H. The van der Waals surface area contributed by atoms with E-state index in [1.54, 1.807) is 0 Å². The SMILES string of the molecule is Fc1cnc(Cl)c(Br)c1. The monoisotopic (exact) mass is 209 g/mol. The summed E-state index contributed by atoms with van der Waals surface area (Å²) in [4.78, 5) is 3.52. The molecule has 1 nitrogen and oxygen atoms in total. The van der Waals surface area contributed by atoms with Crippen molar-refractivity contribution in [1.29, 1.82) is 0 Å². The molecule has 0 amide bonds. The highest BCUT2D eigenvalue weighted by molar-refractivity contribution is 9.10. The predicted molar refractivity (Wildman–Crippen MR) is 36.9 cm³/mol. The van der Waals surface area contributed by atoms with Crippen LogP contribution in [0, 0.1) is 5.82 Å². The minimum Gasteiger partial charge on any atom is -0.240 e. The Balaban J connectivity index is 3.17. The molecule has 0 aliphatic carbocycles. The van der Waals surface area contributed by atoms with Crippen molar-refractivity contribution in [3.05, 3.63) is 27.7 Å². The van der Waals surface area contributed by atoms with E-state index in [-0.39, 0.29) is 5.15 Å². The third-order valence-electron chi connectivity index (χ3n) is 0.763. The average Bonchev–Trinajstić information content (AvgIpc) is 1.80. The molecule has 0 atom stereocenters. The van der Waals surface area contributed by atoms with Gasteiger partial charge >= 0.3 is 0 Å². The molecular formula is C5H2BrClFN. The van der Waals surface area contributed by atoms with Gasteiger partial charge in [0.2, 0.25) is 0 Å². The van der Waals surface area contributed by atoms with E-state index in [9.17, 15) is 4.39 Å². The third-order valence-corrected chi connectivity index (χ3v) is 1.90. The lowest BCUT2D eigenvalue weighted by Crippen LogP contribution is -1.78. The van der Waals surface area contributed by atoms with Gasteiger partial charge in [0.15, 0.2) is 0 Å². The number of hydrogen-bond donors (Lipinski definition) is 0. The third kappa shape index (κ3) is 1.63. The van der Waals surface area contributed by atoms with Crippen LogP contribution >= 0.6 is 27.5 Å². The van der Waals surface area contributed by atoms with E-state index < -0.39 is 5.82 Å². The van der Waals surface area contributed by atoms with Crippen LogP contribution in [0.15, 0.2) is 16.7 Å². The fourth-order valence-electron chi connectivity index (χ4n) is 0.398. The van der Waals surface area contributed by atoms with Crippen molar-refractivity contribution in [1.82, 2.24) is 4.98 Å². The minimum atomic E-state index is -0.397. The van der Waals surface area contributed by atoms with Gasteiger partial charge in [-0.05, 0) is 22.0 Å². The molecule has 1 aromatic heterocycles. The number of halogens is 3. The minimum absolute atomic E-state index is 0.274. The summed E-state index contributed by atoms with van der Waals surface area (Å²) in [6.45, 7) is 0. The summed E-state index contributed by atoms with van der Waals surface area (Å²) in [6.07, 6.45) is 1.06. The molecule has 0 aliphatic rings. The second-order valence-corrected chi connectivity index (χ2v) is 2.64. The molecule has 0 spiro atoms. The first-order chi connectivity index (χ1) is 4.20. The predicted octanol–water partition coefficient (Wildman–Crippen LogP) is 2.64. The quantitative estimate of drug-likeness (QED) is 0.600. The summed E-state index contributed by atoms with van der Waals surface area (Å²) in [7, 11) is 0. The van der Waals surface area contributed by atoms with Crippen LogP contribution in [-0.2, 0) is 0 Å². The number of aromatic nitrogens is 1. The summed E-state index contributed by atoms with van der Waals surface area (Å²) in [6, 6.07) is 1.26. The molecule has 1 aromatic rings. The molecule has 0 N–H and O–H groups in total. The van der Waals surface area contributed by atoms with Gasteiger partial charge in [-0.15, -0.1) is 0 Å². The van der Waals surface area contributed by atoms with Crippen LogP contribution in [-0.4, -0.2) is 4.98 Å². The van der Waals surface area contributed by atoms with Crippen molar-refractivity contribution in [3.8, 4) is 0 Å². The Labute approximate surface area is 65.0 Å². The van der Waals surface area contributed by atoms with Gasteiger partial charge < -0.3 is 0 Å². The Morgan fingerprint density at radius 3 is 2.78 bits per heavy atom. The molecule has 0 unspecified atom stereocenters. The fourth-order valence-corrected chi connectivity index (χ4v) is 0.822. The van der Waals surface area contributed by atoms with Crippen LogP contribution in [0.1, 0.15) is 0 Å². The zero-order chi connectivity index (χ0) is 6.85. The molecule has 4 heteroatoms. The van der Waals surface area contributed by atoms with Crippen molar-refractivity contribution >= 4 is 27.5 Å². The van der Waals surface area contributed by atoms with Gasteiger partial charge in [0.25, 0.3) is 0 Å². The maximum atomic E-state index is 12.2. The average molecular weight is 210 g/mol. The largest absolute Gasteiger partial charge is 0.240 e. The van der Waals surface area contributed by atoms with E-state index in [1.807, 2.05) is 0 Å². The fraction of sp³-hybridized carbons (Fsp3) is 0. The zero-order valence-corrected chi connectivity index (χ0v) is 6.58. The van der Waals surface area contributed by atoms with Crippen LogP contribution < -0.4 is 0 Å². The van der Waals surface area contributed by atoms with Crippen molar-refractivity contribution in [2.24, 2.45) is 0 Å². The van der Waals surface area contributed by atoms with Crippen molar-refractivity contribution in [2.45, 2.75) is 0 Å². The van der Waals surface area contributed by atoms with E-state index >= 15 is 0 Å². The van der Waals surface area contributed by atoms with Gasteiger partial charge in [-0.3, -0.25) is 0 Å². The number of pyridine rings is 1. The molecule has 0 radical (unpaired) electrons. The maximum absolute atomic E-state index is 12.2.